The van der Waals surface area contributed by atoms with Crippen LogP contribution in [0, 0.1) is 41.5 Å². The van der Waals surface area contributed by atoms with Gasteiger partial charge in [0.1, 0.15) is 0 Å². The van der Waals surface area contributed by atoms with E-state index in [9.17, 15) is 0 Å². The van der Waals surface area contributed by atoms with Crippen molar-refractivity contribution in [2.24, 2.45) is 0 Å². The summed E-state index contributed by atoms with van der Waals surface area (Å²) in [5, 5.41) is 0. The lowest BCUT2D eigenvalue weighted by Gasteiger charge is -2.33. The summed E-state index contributed by atoms with van der Waals surface area (Å²) in [5.41, 5.74) is 11.9. The van der Waals surface area contributed by atoms with Crippen LogP contribution in [-0.4, -0.2) is 0 Å². The van der Waals surface area contributed by atoms with E-state index < -0.39 is 0 Å². The highest BCUT2D eigenvalue weighted by molar-refractivity contribution is 5.53. The molecule has 134 valence electrons. The van der Waals surface area contributed by atoms with Gasteiger partial charge in [0.15, 0.2) is 0 Å². The minimum absolute atomic E-state index is 0.173. The smallest absolute Gasteiger partial charge is 0.0423 e. The van der Waals surface area contributed by atoms with Crippen molar-refractivity contribution in [2.75, 3.05) is 0 Å². The topological polar surface area (TPSA) is 0 Å². The van der Waals surface area contributed by atoms with Crippen LogP contribution in [0.4, 0.5) is 0 Å². The van der Waals surface area contributed by atoms with Crippen LogP contribution >= 0.6 is 0 Å². The molecule has 0 radical (unpaired) electrons. The Morgan fingerprint density at radius 1 is 0.462 bits per heavy atom. The highest BCUT2D eigenvalue weighted by Crippen LogP contribution is 2.40. The summed E-state index contributed by atoms with van der Waals surface area (Å²) in [5.74, 6) is 0. The number of hydrogen-bond donors (Lipinski definition) is 0. The van der Waals surface area contributed by atoms with Crippen molar-refractivity contribution < 1.29 is 0 Å². The zero-order chi connectivity index (χ0) is 19.1. The molecule has 0 aliphatic heterocycles. The summed E-state index contributed by atoms with van der Waals surface area (Å²) in [7, 11) is 0. The summed E-state index contributed by atoms with van der Waals surface area (Å²) in [4.78, 5) is 0. The molecule has 26 heavy (non-hydrogen) atoms. The van der Waals surface area contributed by atoms with Crippen molar-refractivity contribution in [3.05, 3.63) is 105 Å². The maximum atomic E-state index is 2.37. The van der Waals surface area contributed by atoms with Crippen molar-refractivity contribution >= 4 is 0 Å². The van der Waals surface area contributed by atoms with Crippen molar-refractivity contribution in [1.29, 1.82) is 0 Å². The SMILES string of the molecule is Cc1cc(C)cc(C(C)(c2ccc(C)c(C)c2)c2ccc(C)c(C)c2)c1. The third kappa shape index (κ3) is 3.21. The van der Waals surface area contributed by atoms with Crippen LogP contribution in [0.15, 0.2) is 54.6 Å². The molecule has 0 bridgehead atoms. The van der Waals surface area contributed by atoms with Crippen molar-refractivity contribution in [3.63, 3.8) is 0 Å². The van der Waals surface area contributed by atoms with E-state index >= 15 is 0 Å². The minimum Gasteiger partial charge on any atom is -0.0587 e. The van der Waals surface area contributed by atoms with Gasteiger partial charge in [-0.2, -0.15) is 0 Å². The maximum Gasteiger partial charge on any atom is 0.0423 e. The van der Waals surface area contributed by atoms with Crippen LogP contribution in [0.2, 0.25) is 0 Å². The van der Waals surface area contributed by atoms with Gasteiger partial charge in [-0.3, -0.25) is 0 Å². The van der Waals surface area contributed by atoms with E-state index in [-0.39, 0.29) is 5.41 Å². The van der Waals surface area contributed by atoms with Gasteiger partial charge >= 0.3 is 0 Å². The quantitative estimate of drug-likeness (QED) is 0.454. The van der Waals surface area contributed by atoms with Gasteiger partial charge in [-0.05, 0) is 87.4 Å². The standard InChI is InChI=1S/C26H30/c1-17-12-18(2)14-25(13-17)26(7,23-10-8-19(3)21(5)15-23)24-11-9-20(4)22(6)16-24/h8-16H,1-7H3. The third-order valence-electron chi connectivity index (χ3n) is 5.97. The zero-order valence-corrected chi connectivity index (χ0v) is 17.2. The normalized spacial score (nSPS) is 11.7. The molecular weight excluding hydrogens is 312 g/mol. The molecule has 0 nitrogen and oxygen atoms in total. The first-order valence-electron chi connectivity index (χ1n) is 9.46. The van der Waals surface area contributed by atoms with Gasteiger partial charge in [0, 0.05) is 5.41 Å². The van der Waals surface area contributed by atoms with Gasteiger partial charge in [-0.1, -0.05) is 65.7 Å². The molecule has 0 saturated carbocycles. The lowest BCUT2D eigenvalue weighted by Crippen LogP contribution is -2.26. The van der Waals surface area contributed by atoms with Gasteiger partial charge in [0.05, 0.1) is 0 Å². The number of benzene rings is 3. The Morgan fingerprint density at radius 3 is 1.27 bits per heavy atom. The van der Waals surface area contributed by atoms with Gasteiger partial charge in [-0.15, -0.1) is 0 Å². The fraction of sp³-hybridized carbons (Fsp3) is 0.308. The first kappa shape index (κ1) is 18.5. The van der Waals surface area contributed by atoms with E-state index in [0.717, 1.165) is 0 Å². The molecule has 0 fully saturated rings. The monoisotopic (exact) mass is 342 g/mol. The van der Waals surface area contributed by atoms with E-state index in [4.69, 9.17) is 0 Å². The van der Waals surface area contributed by atoms with E-state index in [1.165, 1.54) is 50.1 Å². The Morgan fingerprint density at radius 2 is 0.885 bits per heavy atom. The van der Waals surface area contributed by atoms with E-state index in [0.29, 0.717) is 0 Å². The van der Waals surface area contributed by atoms with Crippen LogP contribution in [-0.2, 0) is 5.41 Å². The molecule has 0 heterocycles. The number of rotatable bonds is 3. The molecule has 0 aromatic heterocycles. The van der Waals surface area contributed by atoms with E-state index in [1.807, 2.05) is 0 Å². The Bertz CT molecular complexity index is 888. The third-order valence-corrected chi connectivity index (χ3v) is 5.97. The lowest BCUT2D eigenvalue weighted by atomic mass is 9.69. The van der Waals surface area contributed by atoms with Crippen LogP contribution in [0.25, 0.3) is 0 Å². The van der Waals surface area contributed by atoms with Gasteiger partial charge < -0.3 is 0 Å². The Balaban J connectivity index is 2.33. The molecule has 0 spiro atoms. The summed E-state index contributed by atoms with van der Waals surface area (Å²) in [6, 6.07) is 20.8. The maximum absolute atomic E-state index is 2.37. The second-order valence-corrected chi connectivity index (χ2v) is 8.10. The van der Waals surface area contributed by atoms with Crippen LogP contribution in [0.3, 0.4) is 0 Å². The molecule has 0 heteroatoms. The Kier molecular flexibility index (Phi) is 4.80. The summed E-state index contributed by atoms with van der Waals surface area (Å²) in [6.45, 7) is 15.5. The Labute approximate surface area is 158 Å². The average molecular weight is 343 g/mol. The number of aryl methyl sites for hydroxylation is 6. The molecule has 0 aliphatic rings. The number of hydrogen-bond acceptors (Lipinski definition) is 0. The van der Waals surface area contributed by atoms with Crippen LogP contribution in [0.5, 0.6) is 0 Å². The van der Waals surface area contributed by atoms with Crippen LogP contribution < -0.4 is 0 Å². The molecule has 3 aromatic rings. The van der Waals surface area contributed by atoms with Crippen molar-refractivity contribution in [3.8, 4) is 0 Å². The highest BCUT2D eigenvalue weighted by Gasteiger charge is 2.32. The van der Waals surface area contributed by atoms with Crippen molar-refractivity contribution in [2.45, 2.75) is 53.9 Å². The summed E-state index contributed by atoms with van der Waals surface area (Å²) in [6.07, 6.45) is 0. The summed E-state index contributed by atoms with van der Waals surface area (Å²) < 4.78 is 0. The molecule has 3 aromatic carbocycles. The fourth-order valence-electron chi connectivity index (χ4n) is 3.87. The molecule has 0 saturated heterocycles. The predicted molar refractivity (Wildman–Crippen MR) is 113 cm³/mol. The van der Waals surface area contributed by atoms with Crippen molar-refractivity contribution in [1.82, 2.24) is 0 Å². The average Bonchev–Trinajstić information content (AvgIpc) is 2.58. The van der Waals surface area contributed by atoms with E-state index in [2.05, 4.69) is 103 Å². The van der Waals surface area contributed by atoms with Crippen LogP contribution in [0.1, 0.15) is 57.0 Å². The largest absolute Gasteiger partial charge is 0.0587 e. The molecule has 0 N–H and O–H groups in total. The second-order valence-electron chi connectivity index (χ2n) is 8.10. The zero-order valence-electron chi connectivity index (χ0n) is 17.2. The van der Waals surface area contributed by atoms with Gasteiger partial charge in [-0.25, -0.2) is 0 Å². The Hall–Kier alpha value is -2.34. The molecule has 0 aliphatic carbocycles. The molecule has 0 unspecified atom stereocenters. The van der Waals surface area contributed by atoms with E-state index in [1.54, 1.807) is 0 Å². The molecule has 0 amide bonds. The van der Waals surface area contributed by atoms with Gasteiger partial charge in [0.25, 0.3) is 0 Å². The predicted octanol–water partition coefficient (Wildman–Crippen LogP) is 6.89. The highest BCUT2D eigenvalue weighted by atomic mass is 14.3. The first-order valence-corrected chi connectivity index (χ1v) is 9.46. The minimum atomic E-state index is -0.173. The summed E-state index contributed by atoms with van der Waals surface area (Å²) >= 11 is 0. The first-order chi connectivity index (χ1) is 12.2. The molecular formula is C26H30. The molecule has 0 atom stereocenters. The fourth-order valence-corrected chi connectivity index (χ4v) is 3.87. The lowest BCUT2D eigenvalue weighted by molar-refractivity contribution is 0.688. The molecule has 3 rings (SSSR count). The second kappa shape index (κ2) is 6.76. The van der Waals surface area contributed by atoms with Gasteiger partial charge in [0.2, 0.25) is 0 Å².